The van der Waals surface area contributed by atoms with E-state index >= 15 is 0 Å². The number of aromatic nitrogens is 2. The number of halogens is 1. The van der Waals surface area contributed by atoms with Gasteiger partial charge in [-0.15, -0.1) is 11.3 Å². The molecule has 0 bridgehead atoms. The number of carbonyl (C=O) groups excluding carboxylic acids is 1. The molecule has 0 spiro atoms. The quantitative estimate of drug-likeness (QED) is 0.598. The van der Waals surface area contributed by atoms with Gasteiger partial charge in [0.2, 0.25) is 5.91 Å². The van der Waals surface area contributed by atoms with E-state index in [9.17, 15) is 9.18 Å². The summed E-state index contributed by atoms with van der Waals surface area (Å²) >= 11 is 1.80. The summed E-state index contributed by atoms with van der Waals surface area (Å²) in [6.07, 6.45) is 5.13. The number of piperazine rings is 1. The Labute approximate surface area is 197 Å². The van der Waals surface area contributed by atoms with E-state index in [-0.39, 0.29) is 23.7 Å². The summed E-state index contributed by atoms with van der Waals surface area (Å²) in [5.41, 5.74) is 2.28. The molecule has 5 rings (SSSR count). The van der Waals surface area contributed by atoms with Gasteiger partial charge in [-0.2, -0.15) is 0 Å². The maximum Gasteiger partial charge on any atom is 0.231 e. The van der Waals surface area contributed by atoms with Crippen molar-refractivity contribution in [1.29, 1.82) is 0 Å². The standard InChI is InChI=1S/C25H30FN5OS/c1-16(2)27-14-20(17-6-8-18(26)9-7-17)25(32)31-12-10-30(11-13-31)23-22-19-4-3-5-21(19)33-24(22)29-15-28-23/h6-9,15-16,20,27H,3-5,10-14H2,1-2H3. The number of amides is 1. The van der Waals surface area contributed by atoms with E-state index in [1.807, 2.05) is 4.90 Å². The highest BCUT2D eigenvalue weighted by molar-refractivity contribution is 7.19. The molecule has 1 fully saturated rings. The molecule has 1 aliphatic carbocycles. The number of benzene rings is 1. The van der Waals surface area contributed by atoms with Crippen LogP contribution in [0.15, 0.2) is 30.6 Å². The molecule has 1 saturated heterocycles. The molecule has 8 heteroatoms. The lowest BCUT2D eigenvalue weighted by molar-refractivity contribution is -0.133. The normalized spacial score (nSPS) is 17.1. The van der Waals surface area contributed by atoms with Gasteiger partial charge in [0.1, 0.15) is 22.8 Å². The monoisotopic (exact) mass is 467 g/mol. The largest absolute Gasteiger partial charge is 0.352 e. The Morgan fingerprint density at radius 1 is 1.12 bits per heavy atom. The first-order valence-corrected chi connectivity index (χ1v) is 12.6. The first-order valence-electron chi connectivity index (χ1n) is 11.8. The highest BCUT2D eigenvalue weighted by atomic mass is 32.1. The summed E-state index contributed by atoms with van der Waals surface area (Å²) in [5.74, 6) is 0.499. The van der Waals surface area contributed by atoms with Crippen molar-refractivity contribution in [2.24, 2.45) is 0 Å². The van der Waals surface area contributed by atoms with Crippen LogP contribution in [0.5, 0.6) is 0 Å². The van der Waals surface area contributed by atoms with Crippen LogP contribution in [0.25, 0.3) is 10.2 Å². The van der Waals surface area contributed by atoms with Crippen molar-refractivity contribution in [2.45, 2.75) is 45.1 Å². The zero-order valence-electron chi connectivity index (χ0n) is 19.2. The third-order valence-electron chi connectivity index (χ3n) is 6.67. The average molecular weight is 468 g/mol. The number of fused-ring (bicyclic) bond motifs is 3. The van der Waals surface area contributed by atoms with E-state index in [4.69, 9.17) is 0 Å². The van der Waals surface area contributed by atoms with E-state index in [1.165, 1.54) is 34.4 Å². The summed E-state index contributed by atoms with van der Waals surface area (Å²) < 4.78 is 13.5. The predicted octanol–water partition coefficient (Wildman–Crippen LogP) is 3.75. The third-order valence-corrected chi connectivity index (χ3v) is 7.87. The van der Waals surface area contributed by atoms with Crippen LogP contribution in [-0.2, 0) is 17.6 Å². The minimum absolute atomic E-state index is 0.0960. The second-order valence-electron chi connectivity index (χ2n) is 9.21. The van der Waals surface area contributed by atoms with Gasteiger partial charge in [0, 0.05) is 43.6 Å². The van der Waals surface area contributed by atoms with Crippen LogP contribution in [0.3, 0.4) is 0 Å². The van der Waals surface area contributed by atoms with Gasteiger partial charge in [0.15, 0.2) is 0 Å². The fourth-order valence-corrected chi connectivity index (χ4v) is 6.13. The van der Waals surface area contributed by atoms with Crippen molar-refractivity contribution in [3.63, 3.8) is 0 Å². The minimum Gasteiger partial charge on any atom is -0.352 e. The molecule has 0 radical (unpaired) electrons. The van der Waals surface area contributed by atoms with E-state index in [0.29, 0.717) is 19.6 Å². The van der Waals surface area contributed by atoms with Gasteiger partial charge in [0.05, 0.1) is 11.3 Å². The first kappa shape index (κ1) is 22.2. The van der Waals surface area contributed by atoms with Gasteiger partial charge >= 0.3 is 0 Å². The molecule has 1 aromatic carbocycles. The fraction of sp³-hybridized carbons (Fsp3) is 0.480. The molecule has 0 saturated carbocycles. The van der Waals surface area contributed by atoms with Gasteiger partial charge in [-0.3, -0.25) is 4.79 Å². The Hall–Kier alpha value is -2.58. The third kappa shape index (κ3) is 4.46. The highest BCUT2D eigenvalue weighted by Gasteiger charge is 2.30. The topological polar surface area (TPSA) is 61.4 Å². The molecular weight excluding hydrogens is 437 g/mol. The number of thiophene rings is 1. The Morgan fingerprint density at radius 2 is 1.88 bits per heavy atom. The molecule has 174 valence electrons. The molecular formula is C25H30FN5OS. The molecule has 3 heterocycles. The van der Waals surface area contributed by atoms with Crippen molar-refractivity contribution >= 4 is 33.3 Å². The van der Waals surface area contributed by atoms with E-state index in [2.05, 4.69) is 34.0 Å². The Balaban J connectivity index is 1.32. The van der Waals surface area contributed by atoms with E-state index in [1.54, 1.807) is 29.8 Å². The molecule has 1 atom stereocenters. The van der Waals surface area contributed by atoms with Crippen LogP contribution >= 0.6 is 11.3 Å². The maximum atomic E-state index is 13.5. The Bertz CT molecular complexity index is 1140. The molecule has 6 nitrogen and oxygen atoms in total. The molecule has 1 aliphatic heterocycles. The molecule has 1 amide bonds. The van der Waals surface area contributed by atoms with E-state index in [0.717, 1.165) is 42.1 Å². The van der Waals surface area contributed by atoms with Crippen LogP contribution in [0, 0.1) is 5.82 Å². The van der Waals surface area contributed by atoms with Crippen LogP contribution in [-0.4, -0.2) is 59.5 Å². The maximum absolute atomic E-state index is 13.5. The number of nitrogens with zero attached hydrogens (tertiary/aromatic N) is 4. The number of aryl methyl sites for hydroxylation is 2. The summed E-state index contributed by atoms with van der Waals surface area (Å²) in [5, 5.41) is 4.61. The number of hydrogen-bond donors (Lipinski definition) is 1. The number of nitrogens with one attached hydrogen (secondary N) is 1. The highest BCUT2D eigenvalue weighted by Crippen LogP contribution is 2.40. The molecule has 2 aromatic heterocycles. The summed E-state index contributed by atoms with van der Waals surface area (Å²) in [6.45, 7) is 7.46. The predicted molar refractivity (Wildman–Crippen MR) is 131 cm³/mol. The van der Waals surface area contributed by atoms with Crippen molar-refractivity contribution in [1.82, 2.24) is 20.2 Å². The van der Waals surface area contributed by atoms with Gasteiger partial charge in [-0.1, -0.05) is 26.0 Å². The molecule has 1 unspecified atom stereocenters. The molecule has 33 heavy (non-hydrogen) atoms. The molecule has 1 N–H and O–H groups in total. The smallest absolute Gasteiger partial charge is 0.231 e. The lowest BCUT2D eigenvalue weighted by atomic mass is 9.96. The average Bonchev–Trinajstić information content (AvgIpc) is 3.41. The number of rotatable bonds is 6. The van der Waals surface area contributed by atoms with Crippen molar-refractivity contribution in [3.8, 4) is 0 Å². The minimum atomic E-state index is -0.328. The fourth-order valence-electron chi connectivity index (χ4n) is 4.91. The number of carbonyl (C=O) groups is 1. The van der Waals surface area contributed by atoms with Gasteiger partial charge in [-0.25, -0.2) is 14.4 Å². The summed E-state index contributed by atoms with van der Waals surface area (Å²) in [6, 6.07) is 6.59. The first-order chi connectivity index (χ1) is 16.0. The SMILES string of the molecule is CC(C)NCC(C(=O)N1CCN(c2ncnc3sc4c(c23)CCC4)CC1)c1ccc(F)cc1. The zero-order valence-corrected chi connectivity index (χ0v) is 20.0. The van der Waals surface area contributed by atoms with Gasteiger partial charge in [-0.05, 0) is 42.5 Å². The summed E-state index contributed by atoms with van der Waals surface area (Å²) in [7, 11) is 0. The second kappa shape index (κ2) is 9.35. The molecule has 3 aromatic rings. The van der Waals surface area contributed by atoms with Gasteiger partial charge in [0.25, 0.3) is 0 Å². The van der Waals surface area contributed by atoms with Crippen LogP contribution in [0.4, 0.5) is 10.2 Å². The second-order valence-corrected chi connectivity index (χ2v) is 10.3. The van der Waals surface area contributed by atoms with Crippen LogP contribution in [0.2, 0.25) is 0 Å². The molecule has 2 aliphatic rings. The van der Waals surface area contributed by atoms with Crippen molar-refractivity contribution in [2.75, 3.05) is 37.6 Å². The lowest BCUT2D eigenvalue weighted by Gasteiger charge is -2.37. The number of hydrogen-bond acceptors (Lipinski definition) is 6. The van der Waals surface area contributed by atoms with Crippen molar-refractivity contribution in [3.05, 3.63) is 52.4 Å². The van der Waals surface area contributed by atoms with Gasteiger partial charge < -0.3 is 15.1 Å². The zero-order chi connectivity index (χ0) is 22.9. The Morgan fingerprint density at radius 3 is 2.61 bits per heavy atom. The van der Waals surface area contributed by atoms with Crippen LogP contribution < -0.4 is 10.2 Å². The summed E-state index contributed by atoms with van der Waals surface area (Å²) in [4.78, 5) is 29.5. The van der Waals surface area contributed by atoms with Crippen LogP contribution in [0.1, 0.15) is 42.2 Å². The number of anilines is 1. The van der Waals surface area contributed by atoms with E-state index < -0.39 is 0 Å². The Kier molecular flexibility index (Phi) is 6.29. The van der Waals surface area contributed by atoms with Crippen molar-refractivity contribution < 1.29 is 9.18 Å². The lowest BCUT2D eigenvalue weighted by Crippen LogP contribution is -2.51.